The number of halogens is 1. The average molecular weight is 506 g/mol. The zero-order valence-corrected chi connectivity index (χ0v) is 21.5. The van der Waals surface area contributed by atoms with Crippen LogP contribution in [0, 0.1) is 5.82 Å². The molecule has 0 saturated carbocycles. The monoisotopic (exact) mass is 505 g/mol. The Morgan fingerprint density at radius 1 is 0.973 bits per heavy atom. The van der Waals surface area contributed by atoms with E-state index in [4.69, 9.17) is 14.2 Å². The number of esters is 1. The predicted octanol–water partition coefficient (Wildman–Crippen LogP) is 6.02. The maximum absolute atomic E-state index is 14.1. The smallest absolute Gasteiger partial charge is 0.407 e. The van der Waals surface area contributed by atoms with Gasteiger partial charge in [0.2, 0.25) is 0 Å². The second-order valence-electron chi connectivity index (χ2n) is 10.1. The molecule has 0 saturated heterocycles. The van der Waals surface area contributed by atoms with Gasteiger partial charge in [-0.3, -0.25) is 0 Å². The number of hydrogen-bond donors (Lipinski definition) is 1. The predicted molar refractivity (Wildman–Crippen MR) is 139 cm³/mol. The van der Waals surface area contributed by atoms with Gasteiger partial charge < -0.3 is 19.5 Å². The van der Waals surface area contributed by atoms with Crippen LogP contribution >= 0.6 is 0 Å². The van der Waals surface area contributed by atoms with E-state index in [-0.39, 0.29) is 24.7 Å². The zero-order valence-electron chi connectivity index (χ0n) is 21.5. The lowest BCUT2D eigenvalue weighted by atomic mass is 9.98. The van der Waals surface area contributed by atoms with Gasteiger partial charge in [-0.1, -0.05) is 54.6 Å². The van der Waals surface area contributed by atoms with Crippen LogP contribution in [0.3, 0.4) is 0 Å². The maximum atomic E-state index is 14.1. The lowest BCUT2D eigenvalue weighted by Crippen LogP contribution is -2.45. The highest BCUT2D eigenvalue weighted by atomic mass is 19.1. The summed E-state index contributed by atoms with van der Waals surface area (Å²) in [5.41, 5.74) is 4.39. The van der Waals surface area contributed by atoms with Gasteiger partial charge in [0.05, 0.1) is 7.11 Å². The summed E-state index contributed by atoms with van der Waals surface area (Å²) in [4.78, 5) is 25.7. The fourth-order valence-corrected chi connectivity index (χ4v) is 4.58. The van der Waals surface area contributed by atoms with Gasteiger partial charge in [0.15, 0.2) is 11.6 Å². The Bertz CT molecular complexity index is 1240. The molecular formula is C30H32FNO5. The third kappa shape index (κ3) is 6.28. The van der Waals surface area contributed by atoms with Crippen LogP contribution in [-0.2, 0) is 20.7 Å². The van der Waals surface area contributed by atoms with E-state index < -0.39 is 29.5 Å². The summed E-state index contributed by atoms with van der Waals surface area (Å²) < 4.78 is 30.2. The normalized spacial score (nSPS) is 13.3. The molecule has 1 aliphatic rings. The fourth-order valence-electron chi connectivity index (χ4n) is 4.58. The topological polar surface area (TPSA) is 73.9 Å². The quantitative estimate of drug-likeness (QED) is 0.379. The van der Waals surface area contributed by atoms with Gasteiger partial charge in [0, 0.05) is 5.92 Å². The number of carbonyl (C=O) groups is 2. The molecule has 1 N–H and O–H groups in total. The molecule has 1 aliphatic carbocycles. The van der Waals surface area contributed by atoms with Crippen molar-refractivity contribution in [2.75, 3.05) is 13.7 Å². The Kier molecular flexibility index (Phi) is 7.81. The van der Waals surface area contributed by atoms with E-state index in [0.29, 0.717) is 12.0 Å². The molecule has 37 heavy (non-hydrogen) atoms. The molecule has 3 aromatic carbocycles. The number of aryl methyl sites for hydroxylation is 1. The summed E-state index contributed by atoms with van der Waals surface area (Å²) in [7, 11) is 1.40. The van der Waals surface area contributed by atoms with Crippen molar-refractivity contribution in [1.82, 2.24) is 5.32 Å². The van der Waals surface area contributed by atoms with Crippen LogP contribution < -0.4 is 10.1 Å². The Hall–Kier alpha value is -3.87. The van der Waals surface area contributed by atoms with Crippen molar-refractivity contribution in [3.63, 3.8) is 0 Å². The number of fused-ring (bicyclic) bond motifs is 3. The molecule has 0 spiro atoms. The fraction of sp³-hybridized carbons (Fsp3) is 0.333. The number of carbonyl (C=O) groups excluding carboxylic acids is 2. The maximum Gasteiger partial charge on any atom is 0.407 e. The third-order valence-electron chi connectivity index (χ3n) is 6.26. The number of hydrogen-bond acceptors (Lipinski definition) is 5. The molecule has 194 valence electrons. The molecule has 0 radical (unpaired) electrons. The molecule has 7 heteroatoms. The highest BCUT2D eigenvalue weighted by molar-refractivity contribution is 5.82. The van der Waals surface area contributed by atoms with Crippen LogP contribution in [0.1, 0.15) is 49.8 Å². The van der Waals surface area contributed by atoms with Crippen molar-refractivity contribution < 1.29 is 28.2 Å². The molecule has 1 amide bonds. The number of benzene rings is 3. The summed E-state index contributed by atoms with van der Waals surface area (Å²) in [6.45, 7) is 5.40. The van der Waals surface area contributed by atoms with Crippen molar-refractivity contribution >= 4 is 12.1 Å². The lowest BCUT2D eigenvalue weighted by Gasteiger charge is -2.25. The van der Waals surface area contributed by atoms with Crippen LogP contribution in [0.15, 0.2) is 66.7 Å². The van der Waals surface area contributed by atoms with Gasteiger partial charge in [-0.15, -0.1) is 0 Å². The minimum absolute atomic E-state index is 0.0969. The van der Waals surface area contributed by atoms with E-state index >= 15 is 0 Å². The van der Waals surface area contributed by atoms with Crippen molar-refractivity contribution in [3.8, 4) is 16.9 Å². The molecule has 1 unspecified atom stereocenters. The van der Waals surface area contributed by atoms with E-state index in [9.17, 15) is 14.0 Å². The van der Waals surface area contributed by atoms with Gasteiger partial charge in [-0.05, 0) is 73.6 Å². The van der Waals surface area contributed by atoms with Gasteiger partial charge in [-0.25, -0.2) is 14.0 Å². The Morgan fingerprint density at radius 3 is 2.16 bits per heavy atom. The average Bonchev–Trinajstić information content (AvgIpc) is 3.18. The summed E-state index contributed by atoms with van der Waals surface area (Å²) in [5.74, 6) is -1.02. The molecule has 6 nitrogen and oxygen atoms in total. The molecule has 0 fully saturated rings. The Balaban J connectivity index is 1.43. The largest absolute Gasteiger partial charge is 0.494 e. The lowest BCUT2D eigenvalue weighted by molar-refractivity contribution is -0.157. The first-order valence-corrected chi connectivity index (χ1v) is 12.3. The molecule has 0 aromatic heterocycles. The summed E-state index contributed by atoms with van der Waals surface area (Å²) in [6, 6.07) is 19.8. The van der Waals surface area contributed by atoms with Gasteiger partial charge in [-0.2, -0.15) is 0 Å². The molecule has 3 aromatic rings. The number of ether oxygens (including phenoxy) is 3. The first kappa shape index (κ1) is 26.2. The van der Waals surface area contributed by atoms with Crippen molar-refractivity contribution in [3.05, 3.63) is 89.2 Å². The van der Waals surface area contributed by atoms with Crippen LogP contribution in [0.4, 0.5) is 9.18 Å². The molecule has 4 rings (SSSR count). The van der Waals surface area contributed by atoms with Crippen LogP contribution in [0.2, 0.25) is 0 Å². The van der Waals surface area contributed by atoms with Gasteiger partial charge >= 0.3 is 12.1 Å². The Morgan fingerprint density at radius 2 is 1.59 bits per heavy atom. The number of nitrogens with one attached hydrogen (secondary N) is 1. The van der Waals surface area contributed by atoms with Crippen molar-refractivity contribution in [1.29, 1.82) is 0 Å². The SMILES string of the molecule is COc1ccc(CCC(NC(=O)OCC2c3ccccc3-c3ccccc32)C(=O)OC(C)(C)C)cc1F. The molecule has 0 aliphatic heterocycles. The van der Waals surface area contributed by atoms with E-state index in [1.165, 1.54) is 19.2 Å². The highest BCUT2D eigenvalue weighted by Gasteiger charge is 2.31. The third-order valence-corrected chi connectivity index (χ3v) is 6.26. The minimum atomic E-state index is -0.958. The van der Waals surface area contributed by atoms with Gasteiger partial charge in [0.1, 0.15) is 18.2 Å². The van der Waals surface area contributed by atoms with E-state index in [2.05, 4.69) is 17.4 Å². The standard InChI is InChI=1S/C30H32FNO5/c1-30(2,3)37-28(33)26(15-13-19-14-16-27(35-4)25(31)17-19)32-29(34)36-18-24-22-11-7-5-9-20(22)21-10-6-8-12-23(21)24/h5-12,14,16-17,24,26H,13,15,18H2,1-4H3,(H,32,34). The van der Waals surface area contributed by atoms with Crippen molar-refractivity contribution in [2.45, 2.75) is 51.2 Å². The van der Waals surface area contributed by atoms with E-state index in [0.717, 1.165) is 22.3 Å². The molecule has 0 bridgehead atoms. The first-order chi connectivity index (χ1) is 17.7. The molecule has 1 atom stereocenters. The van der Waals surface area contributed by atoms with Crippen LogP contribution in [0.5, 0.6) is 5.75 Å². The van der Waals surface area contributed by atoms with Crippen molar-refractivity contribution in [2.24, 2.45) is 0 Å². The second-order valence-corrected chi connectivity index (χ2v) is 10.1. The highest BCUT2D eigenvalue weighted by Crippen LogP contribution is 2.44. The zero-order chi connectivity index (χ0) is 26.6. The van der Waals surface area contributed by atoms with Gasteiger partial charge in [0.25, 0.3) is 0 Å². The minimum Gasteiger partial charge on any atom is -0.494 e. The number of alkyl carbamates (subject to hydrolysis) is 1. The summed E-state index contributed by atoms with van der Waals surface area (Å²) in [5, 5.41) is 2.66. The first-order valence-electron chi connectivity index (χ1n) is 12.3. The number of amides is 1. The Labute approximate surface area is 216 Å². The molecular weight excluding hydrogens is 473 g/mol. The van der Waals surface area contributed by atoms with E-state index in [1.54, 1.807) is 26.8 Å². The summed E-state index contributed by atoms with van der Waals surface area (Å²) in [6.07, 6.45) is -0.155. The second kappa shape index (κ2) is 11.0. The van der Waals surface area contributed by atoms with E-state index in [1.807, 2.05) is 36.4 Å². The molecule has 0 heterocycles. The van der Waals surface area contributed by atoms with Crippen LogP contribution in [0.25, 0.3) is 11.1 Å². The van der Waals surface area contributed by atoms with Crippen LogP contribution in [-0.4, -0.2) is 37.4 Å². The number of methoxy groups -OCH3 is 1. The number of rotatable bonds is 8. The summed E-state index contributed by atoms with van der Waals surface area (Å²) >= 11 is 0.